The summed E-state index contributed by atoms with van der Waals surface area (Å²) in [4.78, 5) is 19.1. The quantitative estimate of drug-likeness (QED) is 0.710. The Morgan fingerprint density at radius 3 is 3.12 bits per heavy atom. The van der Waals surface area contributed by atoms with Gasteiger partial charge in [-0.1, -0.05) is 0 Å². The molecule has 0 unspecified atom stereocenters. The van der Waals surface area contributed by atoms with Crippen LogP contribution in [0.25, 0.3) is 11.2 Å². The minimum absolute atomic E-state index is 0. The molecule has 0 spiro atoms. The molecule has 6 nitrogen and oxygen atoms in total. The summed E-state index contributed by atoms with van der Waals surface area (Å²) in [6, 6.07) is 0. The molecule has 0 fully saturated rings. The van der Waals surface area contributed by atoms with Gasteiger partial charge in [-0.25, -0.2) is 4.98 Å². The van der Waals surface area contributed by atoms with Crippen LogP contribution in [-0.4, -0.2) is 24.9 Å². The summed E-state index contributed by atoms with van der Waals surface area (Å²) in [5.41, 5.74) is 1.40. The molecule has 3 aromatic rings. The molecule has 0 atom stereocenters. The van der Waals surface area contributed by atoms with Crippen LogP contribution in [0.1, 0.15) is 5.01 Å². The fraction of sp³-hybridized carbons (Fsp3) is 0.111. The largest absolute Gasteiger partial charge is 0.414 e. The van der Waals surface area contributed by atoms with Gasteiger partial charge in [0.1, 0.15) is 5.01 Å². The van der Waals surface area contributed by atoms with E-state index in [0.717, 1.165) is 10.5 Å². The number of hydrogen-bond acceptors (Lipinski definition) is 6. The van der Waals surface area contributed by atoms with Crippen molar-refractivity contribution >= 4 is 28.3 Å². The number of aromatic nitrogens is 5. The van der Waals surface area contributed by atoms with E-state index in [1.54, 1.807) is 23.9 Å². The predicted octanol–water partition coefficient (Wildman–Crippen LogP) is 1.22. The monoisotopic (exact) mass is 320 g/mol. The van der Waals surface area contributed by atoms with E-state index >= 15 is 0 Å². The van der Waals surface area contributed by atoms with Crippen molar-refractivity contribution in [2.75, 3.05) is 5.32 Å². The Labute approximate surface area is 126 Å². The van der Waals surface area contributed by atoms with Gasteiger partial charge in [0.2, 0.25) is 0 Å². The standard InChI is InChI=1S/C9H7N6S.Y/c1-2-16-6(10-1)3-11-8-7-9(13-4-12-7)15-5-14-8;/h1-2,4H,3H2,(H2,11,12,13,14,15);/q-1;. The third-order valence-electron chi connectivity index (χ3n) is 2.06. The Morgan fingerprint density at radius 2 is 2.29 bits per heavy atom. The Bertz CT molecular complexity index is 592. The minimum Gasteiger partial charge on any atom is -0.414 e. The van der Waals surface area contributed by atoms with Crippen molar-refractivity contribution in [3.05, 3.63) is 29.2 Å². The molecular weight excluding hydrogens is 313 g/mol. The molecule has 1 radical (unpaired) electrons. The van der Waals surface area contributed by atoms with Crippen molar-refractivity contribution in [3.63, 3.8) is 0 Å². The molecule has 2 N–H and O–H groups in total. The van der Waals surface area contributed by atoms with Crippen molar-refractivity contribution in [1.82, 2.24) is 24.9 Å². The molecule has 0 amide bonds. The van der Waals surface area contributed by atoms with E-state index in [1.165, 1.54) is 0 Å². The molecule has 83 valence electrons. The number of nitrogens with zero attached hydrogens (tertiary/aromatic N) is 4. The van der Waals surface area contributed by atoms with Gasteiger partial charge < -0.3 is 20.3 Å². The first-order valence-electron chi connectivity index (χ1n) is 4.63. The zero-order chi connectivity index (χ0) is 10.8. The molecule has 0 saturated carbocycles. The van der Waals surface area contributed by atoms with Crippen molar-refractivity contribution in [2.24, 2.45) is 0 Å². The van der Waals surface area contributed by atoms with E-state index in [4.69, 9.17) is 0 Å². The van der Waals surface area contributed by atoms with Crippen molar-refractivity contribution < 1.29 is 32.7 Å². The van der Waals surface area contributed by atoms with E-state index in [-0.39, 0.29) is 32.7 Å². The predicted molar refractivity (Wildman–Crippen MR) is 60.0 cm³/mol. The Hall–Kier alpha value is -0.916. The molecule has 0 aliphatic carbocycles. The fourth-order valence-corrected chi connectivity index (χ4v) is 1.91. The van der Waals surface area contributed by atoms with E-state index in [2.05, 4.69) is 36.6 Å². The minimum atomic E-state index is 0. The van der Waals surface area contributed by atoms with Crippen LogP contribution in [-0.2, 0) is 39.3 Å². The molecule has 0 saturated heterocycles. The van der Waals surface area contributed by atoms with Gasteiger partial charge in [-0.15, -0.1) is 11.3 Å². The topological polar surface area (TPSA) is 79.4 Å². The number of nitrogens with one attached hydrogen (secondary N) is 2. The van der Waals surface area contributed by atoms with E-state index in [0.29, 0.717) is 18.0 Å². The normalized spacial score (nSPS) is 10.1. The summed E-state index contributed by atoms with van der Waals surface area (Å²) in [6.45, 7) is 0.636. The zero-order valence-corrected chi connectivity index (χ0v) is 12.4. The van der Waals surface area contributed by atoms with Crippen LogP contribution in [0.5, 0.6) is 0 Å². The number of hydrogen-bond donors (Lipinski definition) is 2. The molecule has 17 heavy (non-hydrogen) atoms. The Morgan fingerprint density at radius 1 is 1.35 bits per heavy atom. The van der Waals surface area contributed by atoms with Crippen molar-refractivity contribution in [1.29, 1.82) is 0 Å². The van der Waals surface area contributed by atoms with Gasteiger partial charge >= 0.3 is 0 Å². The van der Waals surface area contributed by atoms with Crippen LogP contribution in [0.3, 0.4) is 0 Å². The third-order valence-corrected chi connectivity index (χ3v) is 2.84. The van der Waals surface area contributed by atoms with E-state index in [9.17, 15) is 0 Å². The number of thiazole rings is 1. The van der Waals surface area contributed by atoms with E-state index < -0.39 is 0 Å². The SMILES string of the molecule is [Y].[c-]1nc(NCc2nccs2)c2[nH]cnc2n1. The van der Waals surface area contributed by atoms with Gasteiger partial charge in [-0.05, 0) is 0 Å². The van der Waals surface area contributed by atoms with Gasteiger partial charge in [0, 0.05) is 61.9 Å². The maximum absolute atomic E-state index is 4.18. The van der Waals surface area contributed by atoms with Gasteiger partial charge in [0.15, 0.2) is 0 Å². The average Bonchev–Trinajstić information content (AvgIpc) is 2.97. The average molecular weight is 320 g/mol. The van der Waals surface area contributed by atoms with Crippen LogP contribution >= 0.6 is 11.3 Å². The summed E-state index contributed by atoms with van der Waals surface area (Å²) in [5.74, 6) is 0.692. The second kappa shape index (κ2) is 5.61. The molecule has 3 aromatic heterocycles. The summed E-state index contributed by atoms with van der Waals surface area (Å²) in [7, 11) is 0. The van der Waals surface area contributed by atoms with Crippen molar-refractivity contribution in [3.8, 4) is 0 Å². The molecule has 0 bridgehead atoms. The molecule has 0 aliphatic rings. The molecule has 0 aromatic carbocycles. The number of anilines is 1. The van der Waals surface area contributed by atoms with Gasteiger partial charge in [0.25, 0.3) is 0 Å². The van der Waals surface area contributed by atoms with Crippen LogP contribution in [0.4, 0.5) is 5.82 Å². The summed E-state index contributed by atoms with van der Waals surface area (Å²) < 4.78 is 0. The number of aromatic amines is 1. The summed E-state index contributed by atoms with van der Waals surface area (Å²) in [6.07, 6.45) is 5.92. The number of fused-ring (bicyclic) bond motifs is 1. The second-order valence-electron chi connectivity index (χ2n) is 3.05. The Kier molecular flexibility index (Phi) is 4.14. The molecular formula is C9H7N6SY-. The number of H-pyrrole nitrogens is 1. The van der Waals surface area contributed by atoms with E-state index in [1.807, 2.05) is 5.38 Å². The van der Waals surface area contributed by atoms with Crippen LogP contribution < -0.4 is 5.32 Å². The molecule has 8 heteroatoms. The number of imidazole rings is 1. The van der Waals surface area contributed by atoms with Crippen molar-refractivity contribution in [2.45, 2.75) is 6.54 Å². The maximum Gasteiger partial charge on any atom is 0.111 e. The summed E-state index contributed by atoms with van der Waals surface area (Å²) >= 11 is 1.60. The third kappa shape index (κ3) is 2.67. The molecule has 3 rings (SSSR count). The van der Waals surface area contributed by atoms with Crippen LogP contribution in [0.15, 0.2) is 17.9 Å². The first-order chi connectivity index (χ1) is 7.93. The smallest absolute Gasteiger partial charge is 0.111 e. The summed E-state index contributed by atoms with van der Waals surface area (Å²) in [5, 5.41) is 6.12. The molecule has 3 heterocycles. The second-order valence-corrected chi connectivity index (χ2v) is 4.03. The Balaban J connectivity index is 0.00000108. The first-order valence-corrected chi connectivity index (χ1v) is 5.51. The maximum atomic E-state index is 4.18. The van der Waals surface area contributed by atoms with Gasteiger partial charge in [-0.3, -0.25) is 4.98 Å². The van der Waals surface area contributed by atoms with Gasteiger partial charge in [-0.2, -0.15) is 0 Å². The fourth-order valence-electron chi connectivity index (χ4n) is 1.35. The van der Waals surface area contributed by atoms with Gasteiger partial charge in [0.05, 0.1) is 18.5 Å². The van der Waals surface area contributed by atoms with Crippen LogP contribution in [0.2, 0.25) is 0 Å². The zero-order valence-electron chi connectivity index (χ0n) is 8.71. The number of rotatable bonds is 3. The van der Waals surface area contributed by atoms with Crippen LogP contribution in [0, 0.1) is 6.33 Å². The first kappa shape index (κ1) is 12.5. The molecule has 0 aliphatic heterocycles.